The lowest BCUT2D eigenvalue weighted by molar-refractivity contribution is 0.185. The Balaban J connectivity index is 2.16. The molecule has 3 heteroatoms. The van der Waals surface area contributed by atoms with Gasteiger partial charge in [-0.05, 0) is 30.5 Å². The second-order valence-corrected chi connectivity index (χ2v) is 4.89. The zero-order chi connectivity index (χ0) is 13.0. The van der Waals surface area contributed by atoms with Crippen molar-refractivity contribution in [3.8, 4) is 5.75 Å². The fourth-order valence-corrected chi connectivity index (χ4v) is 2.61. The smallest absolute Gasteiger partial charge is 0.122 e. The fourth-order valence-electron chi connectivity index (χ4n) is 2.61. The van der Waals surface area contributed by atoms with Crippen molar-refractivity contribution >= 4 is 0 Å². The van der Waals surface area contributed by atoms with Crippen LogP contribution in [-0.4, -0.2) is 38.2 Å². The molecule has 0 saturated carbocycles. The minimum Gasteiger partial charge on any atom is -0.496 e. The summed E-state index contributed by atoms with van der Waals surface area (Å²) in [7, 11) is 1.74. The second kappa shape index (κ2) is 6.21. The van der Waals surface area contributed by atoms with E-state index < -0.39 is 0 Å². The highest BCUT2D eigenvalue weighted by atomic mass is 16.5. The Morgan fingerprint density at radius 3 is 2.67 bits per heavy atom. The van der Waals surface area contributed by atoms with Crippen LogP contribution in [0.2, 0.25) is 0 Å². The van der Waals surface area contributed by atoms with Crippen molar-refractivity contribution in [2.24, 2.45) is 0 Å². The first kappa shape index (κ1) is 13.4. The van der Waals surface area contributed by atoms with Crippen molar-refractivity contribution in [3.05, 3.63) is 29.3 Å². The Labute approximate surface area is 110 Å². The number of hydrogen-bond donors (Lipinski definition) is 1. The number of hydrogen-bond acceptors (Lipinski definition) is 3. The maximum atomic E-state index is 5.39. The Kier molecular flexibility index (Phi) is 4.61. The molecular formula is C15H24N2O. The second-order valence-electron chi connectivity index (χ2n) is 4.89. The van der Waals surface area contributed by atoms with Crippen molar-refractivity contribution < 1.29 is 4.74 Å². The number of nitrogens with zero attached hydrogens (tertiary/aromatic N) is 1. The van der Waals surface area contributed by atoms with E-state index in [4.69, 9.17) is 4.74 Å². The van der Waals surface area contributed by atoms with Gasteiger partial charge in [-0.1, -0.05) is 19.1 Å². The van der Waals surface area contributed by atoms with Crippen LogP contribution in [0.1, 0.15) is 31.0 Å². The van der Waals surface area contributed by atoms with Gasteiger partial charge in [-0.3, -0.25) is 4.90 Å². The zero-order valence-corrected chi connectivity index (χ0v) is 11.7. The lowest BCUT2D eigenvalue weighted by Crippen LogP contribution is -2.44. The van der Waals surface area contributed by atoms with Gasteiger partial charge < -0.3 is 10.1 Å². The first-order valence-corrected chi connectivity index (χ1v) is 6.87. The average molecular weight is 248 g/mol. The van der Waals surface area contributed by atoms with Crippen LogP contribution < -0.4 is 10.1 Å². The summed E-state index contributed by atoms with van der Waals surface area (Å²) in [6, 6.07) is 7.09. The standard InChI is InChI=1S/C15H24N2O/c1-4-13-11-14(5-6-15(13)18-3)12(2)17-9-7-16-8-10-17/h5-6,11-12,16H,4,7-10H2,1-3H3. The summed E-state index contributed by atoms with van der Waals surface area (Å²) in [5.74, 6) is 1.01. The number of ether oxygens (including phenoxy) is 1. The maximum absolute atomic E-state index is 5.39. The van der Waals surface area contributed by atoms with E-state index in [1.807, 2.05) is 0 Å². The molecule has 0 aliphatic carbocycles. The summed E-state index contributed by atoms with van der Waals surface area (Å²) in [5.41, 5.74) is 2.70. The van der Waals surface area contributed by atoms with Crippen molar-refractivity contribution in [1.29, 1.82) is 0 Å². The van der Waals surface area contributed by atoms with E-state index in [0.717, 1.165) is 38.3 Å². The largest absolute Gasteiger partial charge is 0.496 e. The highest BCUT2D eigenvalue weighted by molar-refractivity contribution is 5.38. The number of piperazine rings is 1. The molecule has 0 radical (unpaired) electrons. The number of rotatable bonds is 4. The molecule has 1 fully saturated rings. The summed E-state index contributed by atoms with van der Waals surface area (Å²) < 4.78 is 5.39. The predicted molar refractivity (Wildman–Crippen MR) is 75.2 cm³/mol. The molecule has 1 aliphatic heterocycles. The van der Waals surface area contributed by atoms with E-state index in [1.54, 1.807) is 7.11 Å². The normalized spacial score (nSPS) is 18.6. The van der Waals surface area contributed by atoms with Crippen LogP contribution in [0.4, 0.5) is 0 Å². The van der Waals surface area contributed by atoms with E-state index >= 15 is 0 Å². The van der Waals surface area contributed by atoms with Crippen LogP contribution in [0.15, 0.2) is 18.2 Å². The summed E-state index contributed by atoms with van der Waals surface area (Å²) in [5, 5.41) is 3.40. The van der Waals surface area contributed by atoms with Gasteiger partial charge in [0, 0.05) is 32.2 Å². The lowest BCUT2D eigenvalue weighted by atomic mass is 10.0. The monoisotopic (exact) mass is 248 g/mol. The van der Waals surface area contributed by atoms with Crippen molar-refractivity contribution in [2.45, 2.75) is 26.3 Å². The van der Waals surface area contributed by atoms with Crippen LogP contribution in [0.3, 0.4) is 0 Å². The molecule has 0 aromatic heterocycles. The van der Waals surface area contributed by atoms with Gasteiger partial charge in [0.05, 0.1) is 7.11 Å². The minimum absolute atomic E-state index is 0.489. The van der Waals surface area contributed by atoms with Gasteiger partial charge in [-0.25, -0.2) is 0 Å². The van der Waals surface area contributed by atoms with Gasteiger partial charge in [0.15, 0.2) is 0 Å². The van der Waals surface area contributed by atoms with Gasteiger partial charge in [-0.15, -0.1) is 0 Å². The zero-order valence-electron chi connectivity index (χ0n) is 11.7. The number of aryl methyl sites for hydroxylation is 1. The van der Waals surface area contributed by atoms with Crippen molar-refractivity contribution in [2.75, 3.05) is 33.3 Å². The summed E-state index contributed by atoms with van der Waals surface area (Å²) in [6.07, 6.45) is 1.02. The van der Waals surface area contributed by atoms with Crippen molar-refractivity contribution in [3.63, 3.8) is 0 Å². The van der Waals surface area contributed by atoms with E-state index in [9.17, 15) is 0 Å². The molecule has 1 heterocycles. The van der Waals surface area contributed by atoms with E-state index in [-0.39, 0.29) is 0 Å². The number of methoxy groups -OCH3 is 1. The Morgan fingerprint density at radius 2 is 2.06 bits per heavy atom. The third-order valence-corrected chi connectivity index (χ3v) is 3.87. The summed E-state index contributed by atoms with van der Waals surface area (Å²) in [6.45, 7) is 8.94. The SMILES string of the molecule is CCc1cc(C(C)N2CCNCC2)ccc1OC. The van der Waals surface area contributed by atoms with E-state index in [2.05, 4.69) is 42.3 Å². The van der Waals surface area contributed by atoms with Gasteiger partial charge in [0.2, 0.25) is 0 Å². The molecule has 2 rings (SSSR count). The first-order valence-electron chi connectivity index (χ1n) is 6.87. The van der Waals surface area contributed by atoms with Gasteiger partial charge >= 0.3 is 0 Å². The van der Waals surface area contributed by atoms with Gasteiger partial charge in [0.1, 0.15) is 5.75 Å². The first-order chi connectivity index (χ1) is 8.76. The Hall–Kier alpha value is -1.06. The van der Waals surface area contributed by atoms with E-state index in [1.165, 1.54) is 11.1 Å². The van der Waals surface area contributed by atoms with Gasteiger partial charge in [-0.2, -0.15) is 0 Å². The Morgan fingerprint density at radius 1 is 1.33 bits per heavy atom. The third kappa shape index (κ3) is 2.85. The molecule has 1 N–H and O–H groups in total. The van der Waals surface area contributed by atoms with Crippen molar-refractivity contribution in [1.82, 2.24) is 10.2 Å². The fraction of sp³-hybridized carbons (Fsp3) is 0.600. The lowest BCUT2D eigenvalue weighted by Gasteiger charge is -2.33. The molecular weight excluding hydrogens is 224 g/mol. The maximum Gasteiger partial charge on any atom is 0.122 e. The molecule has 3 nitrogen and oxygen atoms in total. The number of nitrogens with one attached hydrogen (secondary N) is 1. The average Bonchev–Trinajstić information content (AvgIpc) is 2.46. The minimum atomic E-state index is 0.489. The van der Waals surface area contributed by atoms with E-state index in [0.29, 0.717) is 6.04 Å². The molecule has 1 aromatic rings. The van der Waals surface area contributed by atoms with Crippen LogP contribution in [0.5, 0.6) is 5.75 Å². The highest BCUT2D eigenvalue weighted by Crippen LogP contribution is 2.26. The quantitative estimate of drug-likeness (QED) is 0.884. The molecule has 0 spiro atoms. The molecule has 1 saturated heterocycles. The molecule has 1 atom stereocenters. The molecule has 100 valence electrons. The summed E-state index contributed by atoms with van der Waals surface area (Å²) >= 11 is 0. The predicted octanol–water partition coefficient (Wildman–Crippen LogP) is 2.22. The number of benzene rings is 1. The molecule has 18 heavy (non-hydrogen) atoms. The molecule has 1 aliphatic rings. The molecule has 0 bridgehead atoms. The Bertz CT molecular complexity index is 386. The molecule has 0 amide bonds. The van der Waals surface area contributed by atoms with Crippen LogP contribution in [-0.2, 0) is 6.42 Å². The summed E-state index contributed by atoms with van der Waals surface area (Å²) in [4.78, 5) is 2.54. The molecule has 1 aromatic carbocycles. The van der Waals surface area contributed by atoms with Crippen LogP contribution in [0.25, 0.3) is 0 Å². The third-order valence-electron chi connectivity index (χ3n) is 3.87. The molecule has 1 unspecified atom stereocenters. The topological polar surface area (TPSA) is 24.5 Å². The van der Waals surface area contributed by atoms with Crippen LogP contribution in [0, 0.1) is 0 Å². The van der Waals surface area contributed by atoms with Gasteiger partial charge in [0.25, 0.3) is 0 Å². The van der Waals surface area contributed by atoms with Crippen LogP contribution >= 0.6 is 0 Å². The highest BCUT2D eigenvalue weighted by Gasteiger charge is 2.18.